The molecule has 6 heteroatoms. The summed E-state index contributed by atoms with van der Waals surface area (Å²) in [5.41, 5.74) is 1.75. The second-order valence-corrected chi connectivity index (χ2v) is 5.07. The fraction of sp³-hybridized carbons (Fsp3) is 0.357. The van der Waals surface area contributed by atoms with E-state index in [2.05, 4.69) is 20.0 Å². The first-order valence-electron chi connectivity index (χ1n) is 6.85. The first-order chi connectivity index (χ1) is 9.90. The van der Waals surface area contributed by atoms with Gasteiger partial charge >= 0.3 is 0 Å². The van der Waals surface area contributed by atoms with Crippen LogP contribution in [0.5, 0.6) is 0 Å². The van der Waals surface area contributed by atoms with Gasteiger partial charge in [-0.1, -0.05) is 12.1 Å². The van der Waals surface area contributed by atoms with Crippen LogP contribution in [-0.4, -0.2) is 32.3 Å². The number of hydrogen-bond acceptors (Lipinski definition) is 5. The molecule has 20 heavy (non-hydrogen) atoms. The molecule has 0 N–H and O–H groups in total. The summed E-state index contributed by atoms with van der Waals surface area (Å²) in [6.07, 6.45) is 5.60. The summed E-state index contributed by atoms with van der Waals surface area (Å²) in [7, 11) is 0. The summed E-state index contributed by atoms with van der Waals surface area (Å²) >= 11 is 0. The molecule has 1 saturated heterocycles. The number of benzene rings is 1. The highest BCUT2D eigenvalue weighted by Crippen LogP contribution is 2.28. The third kappa shape index (κ3) is 1.93. The minimum Gasteiger partial charge on any atom is -0.423 e. The monoisotopic (exact) mass is 269 g/mol. The summed E-state index contributed by atoms with van der Waals surface area (Å²) in [5, 5.41) is 4.18. The van der Waals surface area contributed by atoms with E-state index < -0.39 is 0 Å². The topological polar surface area (TPSA) is 60.0 Å². The van der Waals surface area contributed by atoms with Crippen molar-refractivity contribution < 1.29 is 4.42 Å². The van der Waals surface area contributed by atoms with Gasteiger partial charge in [0.25, 0.3) is 6.01 Å². The van der Waals surface area contributed by atoms with Crippen LogP contribution in [0, 0.1) is 0 Å². The van der Waals surface area contributed by atoms with Crippen molar-refractivity contribution in [2.75, 3.05) is 11.4 Å². The van der Waals surface area contributed by atoms with E-state index in [0.717, 1.165) is 37.0 Å². The van der Waals surface area contributed by atoms with Gasteiger partial charge in [-0.25, -0.2) is 4.98 Å². The van der Waals surface area contributed by atoms with E-state index in [1.54, 1.807) is 12.7 Å². The lowest BCUT2D eigenvalue weighted by molar-refractivity contribution is 0.478. The molecule has 1 aliphatic heterocycles. The van der Waals surface area contributed by atoms with E-state index in [-0.39, 0.29) is 0 Å². The van der Waals surface area contributed by atoms with Crippen molar-refractivity contribution in [2.24, 2.45) is 0 Å². The number of rotatable bonds is 3. The van der Waals surface area contributed by atoms with Crippen LogP contribution in [0.15, 0.2) is 41.3 Å². The van der Waals surface area contributed by atoms with Gasteiger partial charge in [0.05, 0.1) is 12.6 Å². The summed E-state index contributed by atoms with van der Waals surface area (Å²) < 4.78 is 7.74. The van der Waals surface area contributed by atoms with E-state index in [1.807, 2.05) is 28.9 Å². The van der Waals surface area contributed by atoms with Crippen molar-refractivity contribution in [3.63, 3.8) is 0 Å². The van der Waals surface area contributed by atoms with Gasteiger partial charge in [0.2, 0.25) is 0 Å². The highest BCUT2D eigenvalue weighted by atomic mass is 16.4. The maximum absolute atomic E-state index is 5.87. The van der Waals surface area contributed by atoms with E-state index in [9.17, 15) is 0 Å². The molecule has 6 nitrogen and oxygen atoms in total. The molecule has 0 amide bonds. The average molecular weight is 269 g/mol. The first kappa shape index (κ1) is 11.5. The molecular formula is C14H15N5O. The molecule has 0 aliphatic carbocycles. The quantitative estimate of drug-likeness (QED) is 0.728. The molecule has 1 aromatic carbocycles. The lowest BCUT2D eigenvalue weighted by atomic mass is 10.2. The molecule has 4 rings (SSSR count). The van der Waals surface area contributed by atoms with Gasteiger partial charge in [0.15, 0.2) is 5.58 Å². The molecule has 0 spiro atoms. The van der Waals surface area contributed by atoms with Gasteiger partial charge in [-0.2, -0.15) is 10.1 Å². The number of aromatic nitrogens is 4. The Labute approximate surface area is 116 Å². The van der Waals surface area contributed by atoms with Gasteiger partial charge in [-0.3, -0.25) is 4.68 Å². The SMILES string of the molecule is c1ccc2oc(N3CCCC3Cn3cncn3)nc2c1. The standard InChI is InChI=1S/C14H15N5O/c1-2-6-13-12(5-1)17-14(20-13)19-7-3-4-11(19)8-18-10-15-9-16-18/h1-2,5-6,9-11H,3-4,7-8H2. The lowest BCUT2D eigenvalue weighted by Crippen LogP contribution is -2.33. The first-order valence-corrected chi connectivity index (χ1v) is 6.85. The Hall–Kier alpha value is -2.37. The number of fused-ring (bicyclic) bond motifs is 1. The molecule has 2 aromatic heterocycles. The van der Waals surface area contributed by atoms with Crippen molar-refractivity contribution in [2.45, 2.75) is 25.4 Å². The van der Waals surface area contributed by atoms with Crippen LogP contribution in [0.2, 0.25) is 0 Å². The second-order valence-electron chi connectivity index (χ2n) is 5.07. The van der Waals surface area contributed by atoms with Gasteiger partial charge in [-0.05, 0) is 25.0 Å². The molecule has 1 fully saturated rings. The zero-order valence-electron chi connectivity index (χ0n) is 11.0. The molecule has 102 valence electrons. The number of nitrogens with zero attached hydrogens (tertiary/aromatic N) is 5. The Morgan fingerprint density at radius 3 is 3.10 bits per heavy atom. The number of para-hydroxylation sites is 2. The highest BCUT2D eigenvalue weighted by Gasteiger charge is 2.28. The fourth-order valence-corrected chi connectivity index (χ4v) is 2.80. The normalized spacial score (nSPS) is 19.0. The number of hydrogen-bond donors (Lipinski definition) is 0. The third-order valence-electron chi connectivity index (χ3n) is 3.77. The molecule has 0 saturated carbocycles. The zero-order valence-corrected chi connectivity index (χ0v) is 11.0. The van der Waals surface area contributed by atoms with Gasteiger partial charge in [-0.15, -0.1) is 0 Å². The minimum atomic E-state index is 0.366. The summed E-state index contributed by atoms with van der Waals surface area (Å²) in [4.78, 5) is 10.8. The van der Waals surface area contributed by atoms with Crippen LogP contribution in [0.3, 0.4) is 0 Å². The van der Waals surface area contributed by atoms with Crippen molar-refractivity contribution in [3.8, 4) is 0 Å². The van der Waals surface area contributed by atoms with E-state index >= 15 is 0 Å². The lowest BCUT2D eigenvalue weighted by Gasteiger charge is -2.22. The Bertz CT molecular complexity index is 672. The van der Waals surface area contributed by atoms with Crippen LogP contribution in [0.25, 0.3) is 11.1 Å². The molecular weight excluding hydrogens is 254 g/mol. The predicted molar refractivity (Wildman–Crippen MR) is 74.4 cm³/mol. The third-order valence-corrected chi connectivity index (χ3v) is 3.77. The Morgan fingerprint density at radius 2 is 2.25 bits per heavy atom. The molecule has 1 atom stereocenters. The summed E-state index contributed by atoms with van der Waals surface area (Å²) in [5.74, 6) is 0. The van der Waals surface area contributed by atoms with Crippen LogP contribution in [-0.2, 0) is 6.54 Å². The molecule has 0 radical (unpaired) electrons. The predicted octanol–water partition coefficient (Wildman–Crippen LogP) is 2.09. The molecule has 0 bridgehead atoms. The Morgan fingerprint density at radius 1 is 1.30 bits per heavy atom. The minimum absolute atomic E-state index is 0.366. The van der Waals surface area contributed by atoms with Crippen molar-refractivity contribution in [1.29, 1.82) is 0 Å². The molecule has 1 unspecified atom stereocenters. The zero-order chi connectivity index (χ0) is 13.4. The summed E-state index contributed by atoms with van der Waals surface area (Å²) in [6.45, 7) is 1.80. The second kappa shape index (κ2) is 4.63. The van der Waals surface area contributed by atoms with E-state index in [0.29, 0.717) is 12.1 Å². The Kier molecular flexibility index (Phi) is 2.65. The average Bonchev–Trinajstić information content (AvgIpc) is 3.18. The molecule has 1 aliphatic rings. The maximum atomic E-state index is 5.87. The molecule has 3 aromatic rings. The largest absolute Gasteiger partial charge is 0.423 e. The van der Waals surface area contributed by atoms with Gasteiger partial charge in [0.1, 0.15) is 18.2 Å². The van der Waals surface area contributed by atoms with Crippen LogP contribution in [0.4, 0.5) is 6.01 Å². The van der Waals surface area contributed by atoms with E-state index in [4.69, 9.17) is 4.42 Å². The van der Waals surface area contributed by atoms with Gasteiger partial charge < -0.3 is 9.32 Å². The van der Waals surface area contributed by atoms with E-state index in [1.165, 1.54) is 0 Å². The number of anilines is 1. The fourth-order valence-electron chi connectivity index (χ4n) is 2.80. The van der Waals surface area contributed by atoms with Gasteiger partial charge in [0, 0.05) is 6.54 Å². The van der Waals surface area contributed by atoms with Crippen molar-refractivity contribution >= 4 is 17.1 Å². The number of oxazole rings is 1. The van der Waals surface area contributed by atoms with Crippen LogP contribution < -0.4 is 4.90 Å². The van der Waals surface area contributed by atoms with Crippen molar-refractivity contribution in [3.05, 3.63) is 36.9 Å². The maximum Gasteiger partial charge on any atom is 0.298 e. The highest BCUT2D eigenvalue weighted by molar-refractivity contribution is 5.74. The molecule has 3 heterocycles. The smallest absolute Gasteiger partial charge is 0.298 e. The van der Waals surface area contributed by atoms with Crippen molar-refractivity contribution in [1.82, 2.24) is 19.7 Å². The van der Waals surface area contributed by atoms with Crippen LogP contribution >= 0.6 is 0 Å². The summed E-state index contributed by atoms with van der Waals surface area (Å²) in [6, 6.07) is 8.96. The Balaban J connectivity index is 1.62. The van der Waals surface area contributed by atoms with Crippen LogP contribution in [0.1, 0.15) is 12.8 Å².